The average Bonchev–Trinajstić information content (AvgIpc) is 2.92. The van der Waals surface area contributed by atoms with E-state index in [9.17, 15) is 9.59 Å². The summed E-state index contributed by atoms with van der Waals surface area (Å²) in [7, 11) is 0. The zero-order valence-electron chi connectivity index (χ0n) is 14.3. The fourth-order valence-corrected chi connectivity index (χ4v) is 2.57. The molecule has 1 aromatic carbocycles. The summed E-state index contributed by atoms with van der Waals surface area (Å²) in [5, 5.41) is 6.31. The van der Waals surface area contributed by atoms with E-state index in [0.29, 0.717) is 18.5 Å². The molecule has 5 heteroatoms. The number of hydrogen-bond acceptors (Lipinski definition) is 3. The third-order valence-corrected chi connectivity index (χ3v) is 3.81. The van der Waals surface area contributed by atoms with Crippen molar-refractivity contribution in [3.8, 4) is 0 Å². The molecule has 126 valence electrons. The Hall–Kier alpha value is -1.88. The lowest BCUT2D eigenvalue weighted by Crippen LogP contribution is -2.37. The maximum absolute atomic E-state index is 12.1. The fraction of sp³-hybridized carbons (Fsp3) is 0.556. The summed E-state index contributed by atoms with van der Waals surface area (Å²) in [6, 6.07) is 7.26. The molecule has 1 aliphatic rings. The third kappa shape index (κ3) is 5.36. The normalized spacial score (nSPS) is 15.1. The number of hydrogen-bond donors (Lipinski definition) is 2. The van der Waals surface area contributed by atoms with Gasteiger partial charge >= 0.3 is 0 Å². The van der Waals surface area contributed by atoms with E-state index in [0.717, 1.165) is 31.6 Å². The van der Waals surface area contributed by atoms with Crippen molar-refractivity contribution in [2.24, 2.45) is 0 Å². The van der Waals surface area contributed by atoms with E-state index >= 15 is 0 Å². The molecule has 0 aliphatic carbocycles. The van der Waals surface area contributed by atoms with Crippen LogP contribution in [0.4, 0.5) is 5.69 Å². The zero-order chi connectivity index (χ0) is 16.9. The van der Waals surface area contributed by atoms with Gasteiger partial charge in [-0.1, -0.05) is 0 Å². The van der Waals surface area contributed by atoms with Crippen molar-refractivity contribution in [1.29, 1.82) is 0 Å². The number of benzene rings is 1. The van der Waals surface area contributed by atoms with Crippen LogP contribution < -0.4 is 15.5 Å². The fourth-order valence-electron chi connectivity index (χ4n) is 2.57. The van der Waals surface area contributed by atoms with Gasteiger partial charge in [0.2, 0.25) is 5.91 Å². The average molecular weight is 317 g/mol. The van der Waals surface area contributed by atoms with E-state index in [1.54, 1.807) is 17.0 Å². The highest BCUT2D eigenvalue weighted by Crippen LogP contribution is 2.21. The van der Waals surface area contributed by atoms with Gasteiger partial charge in [-0.25, -0.2) is 0 Å². The topological polar surface area (TPSA) is 61.4 Å². The summed E-state index contributed by atoms with van der Waals surface area (Å²) < 4.78 is 0. The molecule has 23 heavy (non-hydrogen) atoms. The highest BCUT2D eigenvalue weighted by atomic mass is 16.2. The number of carbonyl (C=O) groups excluding carboxylic acids is 2. The molecule has 2 N–H and O–H groups in total. The predicted molar refractivity (Wildman–Crippen MR) is 92.7 cm³/mol. The molecule has 0 bridgehead atoms. The summed E-state index contributed by atoms with van der Waals surface area (Å²) in [6.45, 7) is 8.66. The molecule has 5 nitrogen and oxygen atoms in total. The molecule has 0 aromatic heterocycles. The quantitative estimate of drug-likeness (QED) is 0.792. The Morgan fingerprint density at radius 2 is 1.87 bits per heavy atom. The van der Waals surface area contributed by atoms with Crippen LogP contribution in [0.1, 0.15) is 50.4 Å². The van der Waals surface area contributed by atoms with Gasteiger partial charge in [-0.15, -0.1) is 0 Å². The van der Waals surface area contributed by atoms with Crippen LogP contribution in [0.15, 0.2) is 24.3 Å². The van der Waals surface area contributed by atoms with E-state index in [4.69, 9.17) is 0 Å². The first kappa shape index (κ1) is 17.5. The molecule has 2 rings (SSSR count). The molecule has 0 atom stereocenters. The lowest BCUT2D eigenvalue weighted by atomic mass is 10.1. The Labute approximate surface area is 138 Å². The van der Waals surface area contributed by atoms with Crippen molar-refractivity contribution >= 4 is 17.5 Å². The molecule has 2 amide bonds. The Morgan fingerprint density at radius 3 is 2.43 bits per heavy atom. The van der Waals surface area contributed by atoms with Crippen molar-refractivity contribution in [3.63, 3.8) is 0 Å². The predicted octanol–water partition coefficient (Wildman–Crippen LogP) is 2.32. The van der Waals surface area contributed by atoms with Gasteiger partial charge in [0.1, 0.15) is 0 Å². The van der Waals surface area contributed by atoms with E-state index in [-0.39, 0.29) is 17.4 Å². The highest BCUT2D eigenvalue weighted by Gasteiger charge is 2.21. The number of anilines is 1. The van der Waals surface area contributed by atoms with Crippen LogP contribution in [0.3, 0.4) is 0 Å². The monoisotopic (exact) mass is 317 g/mol. The second-order valence-corrected chi connectivity index (χ2v) is 6.98. The smallest absolute Gasteiger partial charge is 0.251 e. The van der Waals surface area contributed by atoms with E-state index in [2.05, 4.69) is 31.4 Å². The summed E-state index contributed by atoms with van der Waals surface area (Å²) in [4.78, 5) is 25.6. The molecule has 0 unspecified atom stereocenters. The van der Waals surface area contributed by atoms with Crippen molar-refractivity contribution in [1.82, 2.24) is 10.6 Å². The third-order valence-electron chi connectivity index (χ3n) is 3.81. The molecule has 0 saturated carbocycles. The van der Waals surface area contributed by atoms with E-state index < -0.39 is 0 Å². The zero-order valence-corrected chi connectivity index (χ0v) is 14.3. The molecule has 1 fully saturated rings. The van der Waals surface area contributed by atoms with Gasteiger partial charge in [0.25, 0.3) is 5.91 Å². The summed E-state index contributed by atoms with van der Waals surface area (Å²) in [5.41, 5.74) is 1.61. The first-order chi connectivity index (χ1) is 10.9. The highest BCUT2D eigenvalue weighted by molar-refractivity contribution is 5.97. The van der Waals surface area contributed by atoms with Crippen LogP contribution in [0.5, 0.6) is 0 Å². The molecule has 0 spiro atoms. The lowest BCUT2D eigenvalue weighted by molar-refractivity contribution is -0.117. The van der Waals surface area contributed by atoms with Gasteiger partial charge in [0, 0.05) is 36.3 Å². The summed E-state index contributed by atoms with van der Waals surface area (Å²) in [6.07, 6.45) is 2.41. The minimum absolute atomic E-state index is 0.0694. The number of amides is 2. The van der Waals surface area contributed by atoms with Gasteiger partial charge in [0.05, 0.1) is 0 Å². The number of carbonyl (C=O) groups is 2. The Bertz CT molecular complexity index is 546. The van der Waals surface area contributed by atoms with Crippen molar-refractivity contribution in [2.45, 2.75) is 45.6 Å². The maximum atomic E-state index is 12.1. The SMILES string of the molecule is CC(C)(C)NCCCNC(=O)c1ccc(N2CCCC2=O)cc1. The first-order valence-corrected chi connectivity index (χ1v) is 8.30. The number of nitrogens with one attached hydrogen (secondary N) is 2. The summed E-state index contributed by atoms with van der Waals surface area (Å²) >= 11 is 0. The first-order valence-electron chi connectivity index (χ1n) is 8.30. The van der Waals surface area contributed by atoms with Crippen LogP contribution in [-0.2, 0) is 4.79 Å². The lowest BCUT2D eigenvalue weighted by Gasteiger charge is -2.20. The van der Waals surface area contributed by atoms with Crippen molar-refractivity contribution in [2.75, 3.05) is 24.5 Å². The Balaban J connectivity index is 1.78. The second-order valence-electron chi connectivity index (χ2n) is 6.98. The Morgan fingerprint density at radius 1 is 1.17 bits per heavy atom. The largest absolute Gasteiger partial charge is 0.352 e. The minimum Gasteiger partial charge on any atom is -0.352 e. The van der Waals surface area contributed by atoms with Gasteiger partial charge in [-0.2, -0.15) is 0 Å². The standard InChI is InChI=1S/C18H27N3O2/c1-18(2,3)20-12-5-11-19-17(23)14-7-9-15(10-8-14)21-13-4-6-16(21)22/h7-10,20H,4-6,11-13H2,1-3H3,(H,19,23). The molecule has 1 aromatic rings. The molecule has 1 heterocycles. The van der Waals surface area contributed by atoms with Gasteiger partial charge < -0.3 is 15.5 Å². The number of nitrogens with zero attached hydrogens (tertiary/aromatic N) is 1. The molecular weight excluding hydrogens is 290 g/mol. The maximum Gasteiger partial charge on any atom is 0.251 e. The molecule has 0 radical (unpaired) electrons. The van der Waals surface area contributed by atoms with Gasteiger partial charge in [-0.05, 0) is 64.4 Å². The van der Waals surface area contributed by atoms with E-state index in [1.807, 2.05) is 12.1 Å². The van der Waals surface area contributed by atoms with Gasteiger partial charge in [0.15, 0.2) is 0 Å². The van der Waals surface area contributed by atoms with Crippen LogP contribution in [0, 0.1) is 0 Å². The summed E-state index contributed by atoms with van der Waals surface area (Å²) in [5.74, 6) is 0.0913. The molecule has 1 aliphatic heterocycles. The van der Waals surface area contributed by atoms with Crippen molar-refractivity contribution in [3.05, 3.63) is 29.8 Å². The molecular formula is C18H27N3O2. The molecule has 1 saturated heterocycles. The minimum atomic E-state index is -0.0694. The van der Waals surface area contributed by atoms with E-state index in [1.165, 1.54) is 0 Å². The number of rotatable bonds is 6. The van der Waals surface area contributed by atoms with Crippen molar-refractivity contribution < 1.29 is 9.59 Å². The van der Waals surface area contributed by atoms with Gasteiger partial charge in [-0.3, -0.25) is 9.59 Å². The Kier molecular flexibility index (Phi) is 5.77. The van der Waals surface area contributed by atoms with Crippen LogP contribution >= 0.6 is 0 Å². The van der Waals surface area contributed by atoms with Crippen LogP contribution in [0.25, 0.3) is 0 Å². The van der Waals surface area contributed by atoms with Crippen LogP contribution in [0.2, 0.25) is 0 Å². The second kappa shape index (κ2) is 7.59. The van der Waals surface area contributed by atoms with Crippen LogP contribution in [-0.4, -0.2) is 37.0 Å².